The van der Waals surface area contributed by atoms with Gasteiger partial charge in [-0.15, -0.1) is 5.10 Å². The molecule has 210 valence electrons. The number of β-amino-alcohol motifs (C(OH)–C–C–N with tert-alkyl or cyclic N) is 1. The van der Waals surface area contributed by atoms with Crippen molar-refractivity contribution in [1.82, 2.24) is 24.7 Å². The molecular weight excluding hydrogens is 547 g/mol. The van der Waals surface area contributed by atoms with Crippen LogP contribution in [0.4, 0.5) is 22.0 Å². The largest absolute Gasteiger partial charge is 0.416 e. The van der Waals surface area contributed by atoms with E-state index in [4.69, 9.17) is 11.6 Å². The number of rotatable bonds is 8. The van der Waals surface area contributed by atoms with E-state index in [9.17, 15) is 32.2 Å². The second-order valence-electron chi connectivity index (χ2n) is 9.45. The highest BCUT2D eigenvalue weighted by Crippen LogP contribution is 2.32. The third kappa shape index (κ3) is 6.15. The molecule has 2 atom stereocenters. The van der Waals surface area contributed by atoms with Crippen LogP contribution in [0.15, 0.2) is 53.6 Å². The number of alkyl halides is 5. The normalized spacial score (nSPS) is 17.2. The minimum Gasteiger partial charge on any atom is -0.382 e. The Balaban J connectivity index is 1.72. The molecule has 0 spiro atoms. The highest BCUT2D eigenvalue weighted by atomic mass is 35.5. The second kappa shape index (κ2) is 10.7. The van der Waals surface area contributed by atoms with Crippen LogP contribution in [0, 0.1) is 0 Å². The van der Waals surface area contributed by atoms with Crippen LogP contribution in [-0.2, 0) is 12.5 Å². The number of halogens is 6. The van der Waals surface area contributed by atoms with Gasteiger partial charge in [0.15, 0.2) is 17.8 Å². The van der Waals surface area contributed by atoms with Gasteiger partial charge in [0.2, 0.25) is 12.2 Å². The van der Waals surface area contributed by atoms with Crippen LogP contribution in [0.5, 0.6) is 0 Å². The van der Waals surface area contributed by atoms with Gasteiger partial charge in [-0.1, -0.05) is 43.6 Å². The third-order valence-electron chi connectivity index (χ3n) is 6.02. The van der Waals surface area contributed by atoms with E-state index in [0.717, 1.165) is 20.2 Å². The Morgan fingerprint density at radius 1 is 1.03 bits per heavy atom. The summed E-state index contributed by atoms with van der Waals surface area (Å²) in [5.74, 6) is -4.30. The molecule has 2 heterocycles. The van der Waals surface area contributed by atoms with E-state index >= 15 is 0 Å². The molecule has 0 aliphatic carbocycles. The first-order chi connectivity index (χ1) is 18.2. The van der Waals surface area contributed by atoms with Crippen molar-refractivity contribution in [2.45, 2.75) is 57.8 Å². The fraction of sp³-hybridized carbons (Fsp3) is 0.400. The molecular formula is C25H26ClF5N6O2. The quantitative estimate of drug-likeness (QED) is 0.376. The van der Waals surface area contributed by atoms with Gasteiger partial charge in [-0.05, 0) is 41.8 Å². The topological polar surface area (TPSA) is 90.0 Å². The first kappa shape index (κ1) is 28.7. The fourth-order valence-corrected chi connectivity index (χ4v) is 4.22. The number of aliphatic hydroxyl groups excluding tert-OH is 2. The van der Waals surface area contributed by atoms with Crippen LogP contribution >= 0.6 is 11.6 Å². The Bertz CT molecular complexity index is 1340. The van der Waals surface area contributed by atoms with Crippen LogP contribution in [0.1, 0.15) is 49.5 Å². The molecule has 1 aromatic heterocycles. The van der Waals surface area contributed by atoms with Gasteiger partial charge in [-0.2, -0.15) is 27.1 Å². The predicted molar refractivity (Wildman–Crippen MR) is 133 cm³/mol. The summed E-state index contributed by atoms with van der Waals surface area (Å²) >= 11 is 5.92. The van der Waals surface area contributed by atoms with E-state index in [1.165, 1.54) is 24.3 Å². The molecule has 1 aliphatic rings. The van der Waals surface area contributed by atoms with Gasteiger partial charge in [-0.3, -0.25) is 0 Å². The Labute approximate surface area is 225 Å². The summed E-state index contributed by atoms with van der Waals surface area (Å²) in [4.78, 5) is 4.85. The Morgan fingerprint density at radius 3 is 2.26 bits per heavy atom. The number of hydrogen-bond acceptors (Lipinski definition) is 7. The smallest absolute Gasteiger partial charge is 0.382 e. The number of benzene rings is 2. The van der Waals surface area contributed by atoms with Crippen molar-refractivity contribution in [3.05, 3.63) is 76.3 Å². The standard InChI is InChI=1S/C25H26ClF5N6O2/c1-14(2)17-6-4-5-7-18(17)37-22(24(3,27)28)32-20(33-37)13-36-23(39)35(12-19(38)25(29,30)31)21(34-36)15-8-10-16(26)11-9-15/h4-11,14,19,23,38-39H,12-13H2,1-3H3/t19-,23?/m0/s1. The Kier molecular flexibility index (Phi) is 7.88. The molecule has 39 heavy (non-hydrogen) atoms. The molecule has 0 saturated heterocycles. The summed E-state index contributed by atoms with van der Waals surface area (Å²) < 4.78 is 69.7. The molecule has 2 N–H and O–H groups in total. The van der Waals surface area contributed by atoms with Gasteiger partial charge in [-0.25, -0.2) is 14.7 Å². The lowest BCUT2D eigenvalue weighted by Gasteiger charge is -2.29. The van der Waals surface area contributed by atoms with Gasteiger partial charge < -0.3 is 15.1 Å². The molecule has 8 nitrogen and oxygen atoms in total. The monoisotopic (exact) mass is 572 g/mol. The van der Waals surface area contributed by atoms with Crippen molar-refractivity contribution < 1.29 is 32.2 Å². The number of hydrazone groups is 1. The average molecular weight is 573 g/mol. The summed E-state index contributed by atoms with van der Waals surface area (Å²) in [6, 6.07) is 12.8. The summed E-state index contributed by atoms with van der Waals surface area (Å²) in [7, 11) is 0. The zero-order valence-electron chi connectivity index (χ0n) is 21.1. The molecule has 0 fully saturated rings. The van der Waals surface area contributed by atoms with Crippen molar-refractivity contribution in [3.8, 4) is 5.69 Å². The lowest BCUT2D eigenvalue weighted by molar-refractivity contribution is -0.212. The molecule has 0 amide bonds. The molecule has 0 saturated carbocycles. The van der Waals surface area contributed by atoms with E-state index in [1.54, 1.807) is 24.3 Å². The zero-order chi connectivity index (χ0) is 28.7. The van der Waals surface area contributed by atoms with Gasteiger partial charge in [0.05, 0.1) is 12.2 Å². The van der Waals surface area contributed by atoms with Crippen LogP contribution in [0.25, 0.3) is 5.69 Å². The predicted octanol–water partition coefficient (Wildman–Crippen LogP) is 4.83. The second-order valence-corrected chi connectivity index (χ2v) is 9.89. The maximum absolute atomic E-state index is 14.6. The number of hydrogen-bond donors (Lipinski definition) is 2. The number of aromatic nitrogens is 3. The van der Waals surface area contributed by atoms with Crippen LogP contribution in [0.3, 0.4) is 0 Å². The third-order valence-corrected chi connectivity index (χ3v) is 6.28. The summed E-state index contributed by atoms with van der Waals surface area (Å²) in [5.41, 5.74) is 1.45. The highest BCUT2D eigenvalue weighted by Gasteiger charge is 2.44. The van der Waals surface area contributed by atoms with Crippen molar-refractivity contribution in [1.29, 1.82) is 0 Å². The molecule has 2 aromatic carbocycles. The van der Waals surface area contributed by atoms with E-state index in [1.807, 2.05) is 13.8 Å². The van der Waals surface area contributed by atoms with Gasteiger partial charge >= 0.3 is 12.1 Å². The summed E-state index contributed by atoms with van der Waals surface area (Å²) in [6.07, 6.45) is -9.53. The summed E-state index contributed by atoms with van der Waals surface area (Å²) in [6.45, 7) is 3.02. The number of amidine groups is 1. The van der Waals surface area contributed by atoms with Crippen molar-refractivity contribution >= 4 is 17.4 Å². The SMILES string of the molecule is CC(C)c1ccccc1-n1nc(CN2N=C(c3ccc(Cl)cc3)N(C[C@H](O)C(F)(F)F)C2O)nc1C(C)(F)F. The van der Waals surface area contributed by atoms with Crippen LogP contribution < -0.4 is 0 Å². The van der Waals surface area contributed by atoms with E-state index in [-0.39, 0.29) is 17.6 Å². The highest BCUT2D eigenvalue weighted by molar-refractivity contribution is 6.30. The molecule has 1 aliphatic heterocycles. The van der Waals surface area contributed by atoms with Crippen LogP contribution in [-0.4, -0.2) is 65.9 Å². The lowest BCUT2D eigenvalue weighted by atomic mass is 10.0. The maximum Gasteiger partial charge on any atom is 0.416 e. The van der Waals surface area contributed by atoms with Crippen molar-refractivity contribution in [2.24, 2.45) is 5.10 Å². The molecule has 14 heteroatoms. The van der Waals surface area contributed by atoms with Crippen molar-refractivity contribution in [2.75, 3.05) is 6.54 Å². The zero-order valence-corrected chi connectivity index (χ0v) is 21.9. The Hall–Kier alpha value is -3.29. The lowest BCUT2D eigenvalue weighted by Crippen LogP contribution is -2.49. The Morgan fingerprint density at radius 2 is 1.67 bits per heavy atom. The minimum atomic E-state index is -4.95. The number of aliphatic hydroxyl groups is 2. The van der Waals surface area contributed by atoms with E-state index < -0.39 is 43.5 Å². The maximum atomic E-state index is 14.6. The van der Waals surface area contributed by atoms with Crippen LogP contribution in [0.2, 0.25) is 5.02 Å². The number of para-hydroxylation sites is 1. The molecule has 0 bridgehead atoms. The molecule has 3 aromatic rings. The minimum absolute atomic E-state index is 0.0206. The van der Waals surface area contributed by atoms with Crippen molar-refractivity contribution in [3.63, 3.8) is 0 Å². The first-order valence-electron chi connectivity index (χ1n) is 11.9. The molecule has 4 rings (SSSR count). The first-order valence-corrected chi connectivity index (χ1v) is 12.3. The van der Waals surface area contributed by atoms with Gasteiger partial charge in [0, 0.05) is 17.5 Å². The van der Waals surface area contributed by atoms with E-state index in [2.05, 4.69) is 15.2 Å². The van der Waals surface area contributed by atoms with Gasteiger partial charge in [0.25, 0.3) is 0 Å². The fourth-order valence-electron chi connectivity index (χ4n) is 4.10. The average Bonchev–Trinajstić information content (AvgIpc) is 3.41. The summed E-state index contributed by atoms with van der Waals surface area (Å²) in [5, 5.41) is 30.4. The van der Waals surface area contributed by atoms with Gasteiger partial charge in [0.1, 0.15) is 6.54 Å². The van der Waals surface area contributed by atoms with E-state index in [0.29, 0.717) is 23.2 Å². The number of nitrogens with zero attached hydrogens (tertiary/aromatic N) is 6. The molecule has 0 radical (unpaired) electrons. The molecule has 1 unspecified atom stereocenters.